The maximum absolute atomic E-state index is 12.5. The summed E-state index contributed by atoms with van der Waals surface area (Å²) in [6, 6.07) is -1.41. The number of rotatable bonds is 17. The molecule has 15 nitrogen and oxygen atoms in total. The number of hydrogen-bond donors (Lipinski definition) is 5. The van der Waals surface area contributed by atoms with Gasteiger partial charge in [0.15, 0.2) is 23.2 Å². The third-order valence-corrected chi connectivity index (χ3v) is 8.29. The first-order valence-electron chi connectivity index (χ1n) is 14.0. The first-order valence-corrected chi connectivity index (χ1v) is 15.6. The van der Waals surface area contributed by atoms with Gasteiger partial charge in [0.05, 0.1) is 34.1 Å². The van der Waals surface area contributed by atoms with Crippen LogP contribution in [0.4, 0.5) is 5.95 Å². The second kappa shape index (κ2) is 15.5. The van der Waals surface area contributed by atoms with Crippen molar-refractivity contribution in [2.75, 3.05) is 25.3 Å². The number of esters is 2. The SMILES string of the molecule is C=CC1(OCP(N[C@@H](C)C(=O)OCCCC)N[C@@H](C)C(=O)OCCCC)CC(O)C(n2cnc3c(=O)[nH]c(N)nc32)O1. The standard InChI is InChI=1S/C26H42N7O8P/c1-6-9-11-38-23(36)16(4)31-42(32-17(5)24(37)39-12-10-7-2)15-40-26(8-3)13-18(34)22(41-26)33-14-28-19-20(33)29-25(27)30-21(19)35/h8,14,16-18,22,31-32,34H,3,6-7,9-13,15H2,1-2,4-5H3,(H3,27,29,30,35)/t16-,17-,18?,22?,26?/m0/s1. The second-order valence-corrected chi connectivity index (χ2v) is 11.6. The molecule has 5 atom stereocenters. The summed E-state index contributed by atoms with van der Waals surface area (Å²) in [5, 5.41) is 17.3. The highest BCUT2D eigenvalue weighted by atomic mass is 31.1. The molecule has 1 aliphatic heterocycles. The molecule has 0 saturated carbocycles. The predicted octanol–water partition coefficient (Wildman–Crippen LogP) is 1.79. The van der Waals surface area contributed by atoms with E-state index in [1.807, 2.05) is 13.8 Å². The average molecular weight is 612 g/mol. The Bertz CT molecular complexity index is 1240. The number of imidazole rings is 1. The van der Waals surface area contributed by atoms with Crippen molar-refractivity contribution in [3.8, 4) is 0 Å². The molecule has 0 radical (unpaired) electrons. The molecule has 16 heteroatoms. The summed E-state index contributed by atoms with van der Waals surface area (Å²) >= 11 is 0. The summed E-state index contributed by atoms with van der Waals surface area (Å²) in [5.74, 6) is -2.43. The number of carbonyl (C=O) groups excluding carboxylic acids is 2. The number of nitrogens with zero attached hydrogens (tertiary/aromatic N) is 3. The number of nitrogen functional groups attached to an aromatic ring is 1. The molecule has 3 unspecified atom stereocenters. The predicted molar refractivity (Wildman–Crippen MR) is 156 cm³/mol. The van der Waals surface area contributed by atoms with Gasteiger partial charge in [0.25, 0.3) is 5.56 Å². The Kier molecular flexibility index (Phi) is 12.4. The van der Waals surface area contributed by atoms with Crippen LogP contribution >= 0.6 is 8.22 Å². The summed E-state index contributed by atoms with van der Waals surface area (Å²) in [6.07, 6.45) is 3.86. The van der Waals surface area contributed by atoms with Crippen molar-refractivity contribution < 1.29 is 33.6 Å². The highest BCUT2D eigenvalue weighted by Gasteiger charge is 2.47. The van der Waals surface area contributed by atoms with Crippen molar-refractivity contribution in [3.05, 3.63) is 29.3 Å². The number of H-pyrrole nitrogens is 1. The van der Waals surface area contributed by atoms with Gasteiger partial charge in [-0.3, -0.25) is 34.1 Å². The number of nitrogens with one attached hydrogen (secondary N) is 3. The molecule has 0 amide bonds. The van der Waals surface area contributed by atoms with E-state index in [0.717, 1.165) is 25.7 Å². The highest BCUT2D eigenvalue weighted by Crippen LogP contribution is 2.41. The van der Waals surface area contributed by atoms with Gasteiger partial charge in [-0.15, -0.1) is 0 Å². The van der Waals surface area contributed by atoms with E-state index in [-0.39, 0.29) is 29.9 Å². The molecule has 1 fully saturated rings. The topological polar surface area (TPSA) is 205 Å². The van der Waals surface area contributed by atoms with Crippen molar-refractivity contribution in [2.24, 2.45) is 0 Å². The Hall–Kier alpha value is -2.94. The number of fused-ring (bicyclic) bond motifs is 1. The Morgan fingerprint density at radius 2 is 1.86 bits per heavy atom. The zero-order chi connectivity index (χ0) is 30.9. The monoisotopic (exact) mass is 611 g/mol. The molecule has 3 heterocycles. The maximum atomic E-state index is 12.5. The van der Waals surface area contributed by atoms with Gasteiger partial charge < -0.3 is 29.8 Å². The van der Waals surface area contributed by atoms with Gasteiger partial charge in [0.2, 0.25) is 5.95 Å². The molecule has 2 aromatic rings. The molecular weight excluding hydrogens is 569 g/mol. The zero-order valence-electron chi connectivity index (χ0n) is 24.5. The number of hydrogen-bond acceptors (Lipinski definition) is 13. The van der Waals surface area contributed by atoms with E-state index in [4.69, 9.17) is 24.7 Å². The lowest BCUT2D eigenvalue weighted by atomic mass is 10.1. The molecule has 0 spiro atoms. The molecule has 0 aliphatic carbocycles. The summed E-state index contributed by atoms with van der Waals surface area (Å²) in [5.41, 5.74) is 5.35. The van der Waals surface area contributed by atoms with E-state index in [1.165, 1.54) is 17.0 Å². The lowest BCUT2D eigenvalue weighted by Crippen LogP contribution is -2.42. The molecule has 0 aromatic carbocycles. The minimum absolute atomic E-state index is 0.00802. The maximum Gasteiger partial charge on any atom is 0.323 e. The van der Waals surface area contributed by atoms with E-state index >= 15 is 0 Å². The molecule has 1 aliphatic rings. The van der Waals surface area contributed by atoms with E-state index in [1.54, 1.807) is 13.8 Å². The smallest absolute Gasteiger partial charge is 0.323 e. The Labute approximate surface area is 245 Å². The number of aliphatic hydroxyl groups excluding tert-OH is 1. The van der Waals surface area contributed by atoms with E-state index in [9.17, 15) is 19.5 Å². The van der Waals surface area contributed by atoms with E-state index < -0.39 is 55.9 Å². The third-order valence-electron chi connectivity index (χ3n) is 6.51. The van der Waals surface area contributed by atoms with Crippen LogP contribution in [0.2, 0.25) is 0 Å². The summed E-state index contributed by atoms with van der Waals surface area (Å²) in [6.45, 7) is 11.8. The van der Waals surface area contributed by atoms with Crippen molar-refractivity contribution in [1.82, 2.24) is 29.7 Å². The molecule has 2 aromatic heterocycles. The Morgan fingerprint density at radius 1 is 1.26 bits per heavy atom. The van der Waals surface area contributed by atoms with Crippen LogP contribution in [0.1, 0.15) is 66.0 Å². The number of ether oxygens (including phenoxy) is 4. The van der Waals surface area contributed by atoms with Gasteiger partial charge >= 0.3 is 11.9 Å². The van der Waals surface area contributed by atoms with Crippen LogP contribution in [0.25, 0.3) is 11.2 Å². The minimum atomic E-state index is -1.53. The van der Waals surface area contributed by atoms with Crippen LogP contribution in [-0.4, -0.2) is 80.1 Å². The normalized spacial score (nSPS) is 21.9. The van der Waals surface area contributed by atoms with Crippen molar-refractivity contribution >= 4 is 37.3 Å². The Balaban J connectivity index is 1.74. The molecule has 1 saturated heterocycles. The van der Waals surface area contributed by atoms with Gasteiger partial charge in [0, 0.05) is 6.42 Å². The van der Waals surface area contributed by atoms with Crippen LogP contribution in [0.3, 0.4) is 0 Å². The first-order chi connectivity index (χ1) is 20.0. The second-order valence-electron chi connectivity index (χ2n) is 10.0. The van der Waals surface area contributed by atoms with E-state index in [0.29, 0.717) is 13.2 Å². The van der Waals surface area contributed by atoms with E-state index in [2.05, 4.69) is 31.7 Å². The lowest BCUT2D eigenvalue weighted by Gasteiger charge is -2.31. The average Bonchev–Trinajstić information content (AvgIpc) is 3.52. The number of aromatic nitrogens is 4. The Morgan fingerprint density at radius 3 is 2.40 bits per heavy atom. The summed E-state index contributed by atoms with van der Waals surface area (Å²) in [7, 11) is -1.53. The molecule has 6 N–H and O–H groups in total. The number of anilines is 1. The number of carbonyl (C=O) groups is 2. The first kappa shape index (κ1) is 33.6. The van der Waals surface area contributed by atoms with Gasteiger partial charge in [-0.1, -0.05) is 33.3 Å². The number of unbranched alkanes of at least 4 members (excludes halogenated alkanes) is 2. The quantitative estimate of drug-likeness (QED) is 0.0750. The number of aromatic amines is 1. The third kappa shape index (κ3) is 8.55. The molecule has 234 valence electrons. The lowest BCUT2D eigenvalue weighted by molar-refractivity contribution is -0.199. The molecule has 3 rings (SSSR count). The number of aliphatic hydroxyl groups is 1. The highest BCUT2D eigenvalue weighted by molar-refractivity contribution is 7.53. The van der Waals surface area contributed by atoms with Crippen LogP contribution in [-0.2, 0) is 28.5 Å². The van der Waals surface area contributed by atoms with Crippen LogP contribution in [0.5, 0.6) is 0 Å². The minimum Gasteiger partial charge on any atom is -0.465 e. The summed E-state index contributed by atoms with van der Waals surface area (Å²) < 4.78 is 24.4. The molecule has 0 bridgehead atoms. The van der Waals surface area contributed by atoms with Crippen LogP contribution in [0, 0.1) is 0 Å². The summed E-state index contributed by atoms with van der Waals surface area (Å²) in [4.78, 5) is 47.9. The van der Waals surface area contributed by atoms with Gasteiger partial charge in [0.1, 0.15) is 18.2 Å². The van der Waals surface area contributed by atoms with Crippen molar-refractivity contribution in [3.63, 3.8) is 0 Å². The van der Waals surface area contributed by atoms with Gasteiger partial charge in [-0.2, -0.15) is 4.98 Å². The van der Waals surface area contributed by atoms with Crippen LogP contribution < -0.4 is 21.5 Å². The largest absolute Gasteiger partial charge is 0.465 e. The van der Waals surface area contributed by atoms with Crippen molar-refractivity contribution in [1.29, 1.82) is 0 Å². The fourth-order valence-electron chi connectivity index (χ4n) is 4.12. The fraction of sp³-hybridized carbons (Fsp3) is 0.654. The molecule has 42 heavy (non-hydrogen) atoms. The van der Waals surface area contributed by atoms with Crippen molar-refractivity contribution in [2.45, 2.75) is 90.0 Å². The van der Waals surface area contributed by atoms with Crippen LogP contribution in [0.15, 0.2) is 23.8 Å². The van der Waals surface area contributed by atoms with Gasteiger partial charge in [-0.25, -0.2) is 4.98 Å². The van der Waals surface area contributed by atoms with Gasteiger partial charge in [-0.05, 0) is 32.8 Å². The zero-order valence-corrected chi connectivity index (χ0v) is 25.4. The molecular formula is C26H42N7O8P. The fourth-order valence-corrected chi connectivity index (χ4v) is 5.84. The number of nitrogens with two attached hydrogens (primary N) is 1.